The van der Waals surface area contributed by atoms with Crippen molar-refractivity contribution >= 4 is 72.5 Å². The SMILES string of the molecule is Cc1cc2nc3s/c(=C\c4cc(Cl)c(OCc5ccccc5Cl)c(Br)c4)c(=O)n3c2cc1C. The molecular weight excluding hydrogens is 543 g/mol. The van der Waals surface area contributed by atoms with Crippen molar-refractivity contribution in [2.45, 2.75) is 20.5 Å². The maximum absolute atomic E-state index is 13.2. The van der Waals surface area contributed by atoms with E-state index in [1.165, 1.54) is 11.3 Å². The number of benzene rings is 3. The van der Waals surface area contributed by atoms with Gasteiger partial charge in [0.1, 0.15) is 6.61 Å². The predicted octanol–water partition coefficient (Wildman–Crippen LogP) is 6.72. The van der Waals surface area contributed by atoms with Gasteiger partial charge < -0.3 is 4.74 Å². The third kappa shape index (κ3) is 4.17. The van der Waals surface area contributed by atoms with Crippen LogP contribution in [0, 0.1) is 13.8 Å². The summed E-state index contributed by atoms with van der Waals surface area (Å²) < 4.78 is 8.88. The van der Waals surface area contributed by atoms with Crippen LogP contribution in [0.15, 0.2) is 57.8 Å². The highest BCUT2D eigenvalue weighted by atomic mass is 79.9. The van der Waals surface area contributed by atoms with Gasteiger partial charge in [-0.1, -0.05) is 52.7 Å². The molecule has 2 heterocycles. The van der Waals surface area contributed by atoms with E-state index in [1.807, 2.05) is 62.4 Å². The Hall–Kier alpha value is -2.38. The van der Waals surface area contributed by atoms with Gasteiger partial charge in [0.2, 0.25) is 0 Å². The van der Waals surface area contributed by atoms with Gasteiger partial charge in [0.25, 0.3) is 5.56 Å². The van der Waals surface area contributed by atoms with Crippen LogP contribution in [0.2, 0.25) is 10.0 Å². The predicted molar refractivity (Wildman–Crippen MR) is 140 cm³/mol. The van der Waals surface area contributed by atoms with Crippen molar-refractivity contribution in [1.82, 2.24) is 9.38 Å². The molecule has 0 N–H and O–H groups in total. The number of ether oxygens (including phenoxy) is 1. The van der Waals surface area contributed by atoms with Crippen molar-refractivity contribution in [2.24, 2.45) is 0 Å². The Morgan fingerprint density at radius 2 is 1.85 bits per heavy atom. The maximum Gasteiger partial charge on any atom is 0.274 e. The Morgan fingerprint density at radius 3 is 2.61 bits per heavy atom. The largest absolute Gasteiger partial charge is 0.486 e. The number of hydrogen-bond donors (Lipinski definition) is 0. The monoisotopic (exact) mass is 558 g/mol. The van der Waals surface area contributed by atoms with Crippen LogP contribution in [0.5, 0.6) is 5.75 Å². The lowest BCUT2D eigenvalue weighted by molar-refractivity contribution is 0.304. The zero-order chi connectivity index (χ0) is 23.3. The summed E-state index contributed by atoms with van der Waals surface area (Å²) in [5.41, 5.74) is 5.51. The first-order valence-electron chi connectivity index (χ1n) is 10.1. The molecule has 3 aromatic carbocycles. The quantitative estimate of drug-likeness (QED) is 0.245. The molecule has 2 aromatic heterocycles. The first-order valence-corrected chi connectivity index (χ1v) is 12.5. The molecule has 166 valence electrons. The third-order valence-electron chi connectivity index (χ3n) is 5.50. The van der Waals surface area contributed by atoms with Crippen LogP contribution in [0.3, 0.4) is 0 Å². The summed E-state index contributed by atoms with van der Waals surface area (Å²) >= 11 is 17.6. The van der Waals surface area contributed by atoms with Gasteiger partial charge in [-0.15, -0.1) is 0 Å². The van der Waals surface area contributed by atoms with Crippen molar-refractivity contribution in [3.8, 4) is 5.75 Å². The lowest BCUT2D eigenvalue weighted by Gasteiger charge is -2.12. The highest BCUT2D eigenvalue weighted by Crippen LogP contribution is 2.35. The van der Waals surface area contributed by atoms with Gasteiger partial charge in [0, 0.05) is 10.6 Å². The van der Waals surface area contributed by atoms with Crippen LogP contribution >= 0.6 is 50.5 Å². The van der Waals surface area contributed by atoms with E-state index in [1.54, 1.807) is 10.5 Å². The Morgan fingerprint density at radius 1 is 1.09 bits per heavy atom. The standard InChI is InChI=1S/C25H17BrCl2N2O2S/c1-13-7-20-21(8-14(13)2)30-24(31)22(33-25(30)29-20)11-15-9-17(26)23(19(28)10-15)32-12-16-5-3-4-6-18(16)27/h3-11H,12H2,1-2H3/b22-11-. The highest BCUT2D eigenvalue weighted by molar-refractivity contribution is 9.10. The summed E-state index contributed by atoms with van der Waals surface area (Å²) in [5, 5.41) is 1.08. The molecule has 8 heteroatoms. The van der Waals surface area contributed by atoms with Crippen LogP contribution in [0.25, 0.3) is 22.1 Å². The number of fused-ring (bicyclic) bond motifs is 3. The molecule has 0 aliphatic heterocycles. The number of thiazole rings is 1. The van der Waals surface area contributed by atoms with Gasteiger partial charge in [-0.05, 0) is 82.9 Å². The molecule has 0 amide bonds. The number of aromatic nitrogens is 2. The van der Waals surface area contributed by atoms with E-state index in [0.29, 0.717) is 36.4 Å². The lowest BCUT2D eigenvalue weighted by Crippen LogP contribution is -2.22. The second-order valence-electron chi connectivity index (χ2n) is 7.76. The first-order chi connectivity index (χ1) is 15.8. The number of hydrogen-bond acceptors (Lipinski definition) is 4. The molecule has 0 atom stereocenters. The number of rotatable bonds is 4. The van der Waals surface area contributed by atoms with Gasteiger partial charge in [-0.2, -0.15) is 0 Å². The molecule has 0 saturated carbocycles. The Kier molecular flexibility index (Phi) is 5.95. The summed E-state index contributed by atoms with van der Waals surface area (Å²) in [6.45, 7) is 4.37. The average molecular weight is 560 g/mol. The van der Waals surface area contributed by atoms with E-state index in [9.17, 15) is 4.79 Å². The molecule has 0 radical (unpaired) electrons. The Labute approximate surface area is 212 Å². The fourth-order valence-electron chi connectivity index (χ4n) is 3.64. The third-order valence-corrected chi connectivity index (χ3v) is 7.71. The summed E-state index contributed by atoms with van der Waals surface area (Å²) in [7, 11) is 0. The minimum absolute atomic E-state index is 0.0907. The van der Waals surface area contributed by atoms with E-state index in [4.69, 9.17) is 27.9 Å². The molecule has 0 bridgehead atoms. The smallest absolute Gasteiger partial charge is 0.274 e. The molecule has 0 spiro atoms. The van der Waals surface area contributed by atoms with Gasteiger partial charge in [0.05, 0.1) is 25.1 Å². The molecule has 5 rings (SSSR count). The molecule has 0 fully saturated rings. The van der Waals surface area contributed by atoms with Crippen LogP contribution in [0.1, 0.15) is 22.3 Å². The van der Waals surface area contributed by atoms with Gasteiger partial charge in [-0.3, -0.25) is 4.79 Å². The van der Waals surface area contributed by atoms with E-state index >= 15 is 0 Å². The minimum atomic E-state index is -0.0907. The summed E-state index contributed by atoms with van der Waals surface area (Å²) in [6, 6.07) is 15.2. The van der Waals surface area contributed by atoms with Gasteiger partial charge in [-0.25, -0.2) is 9.38 Å². The Bertz CT molecular complexity index is 1640. The number of nitrogens with zero attached hydrogens (tertiary/aromatic N) is 2. The van der Waals surface area contributed by atoms with Gasteiger partial charge in [0.15, 0.2) is 10.7 Å². The number of imidazole rings is 1. The maximum atomic E-state index is 13.2. The lowest BCUT2D eigenvalue weighted by atomic mass is 10.1. The van der Waals surface area contributed by atoms with Crippen molar-refractivity contribution in [2.75, 3.05) is 0 Å². The van der Waals surface area contributed by atoms with Crippen LogP contribution < -0.4 is 14.8 Å². The summed E-state index contributed by atoms with van der Waals surface area (Å²) in [4.78, 5) is 18.5. The van der Waals surface area contributed by atoms with Crippen molar-refractivity contribution in [1.29, 1.82) is 0 Å². The fourth-order valence-corrected chi connectivity index (χ4v) is 5.80. The van der Waals surface area contributed by atoms with Crippen LogP contribution in [-0.4, -0.2) is 9.38 Å². The summed E-state index contributed by atoms with van der Waals surface area (Å²) in [6.07, 6.45) is 1.82. The van der Waals surface area contributed by atoms with Crippen LogP contribution in [0.4, 0.5) is 0 Å². The number of aryl methyl sites for hydroxylation is 2. The molecule has 5 aromatic rings. The Balaban J connectivity index is 1.51. The molecule has 4 nitrogen and oxygen atoms in total. The highest BCUT2D eigenvalue weighted by Gasteiger charge is 2.14. The molecule has 0 aliphatic rings. The average Bonchev–Trinajstić information content (AvgIpc) is 3.25. The van der Waals surface area contributed by atoms with Gasteiger partial charge >= 0.3 is 0 Å². The van der Waals surface area contributed by atoms with Crippen molar-refractivity contribution in [3.63, 3.8) is 0 Å². The van der Waals surface area contributed by atoms with E-state index < -0.39 is 0 Å². The molecule has 0 aliphatic carbocycles. The fraction of sp³-hybridized carbons (Fsp3) is 0.120. The normalized spacial score (nSPS) is 12.2. The second-order valence-corrected chi connectivity index (χ2v) is 10.4. The number of halogens is 3. The van der Waals surface area contributed by atoms with E-state index in [-0.39, 0.29) is 5.56 Å². The van der Waals surface area contributed by atoms with Crippen molar-refractivity contribution < 1.29 is 4.74 Å². The van der Waals surface area contributed by atoms with E-state index in [0.717, 1.165) is 33.3 Å². The molecular formula is C25H17BrCl2N2O2S. The van der Waals surface area contributed by atoms with Crippen LogP contribution in [-0.2, 0) is 6.61 Å². The zero-order valence-electron chi connectivity index (χ0n) is 17.7. The topological polar surface area (TPSA) is 43.6 Å². The molecule has 33 heavy (non-hydrogen) atoms. The first kappa shape index (κ1) is 22.4. The molecule has 0 saturated heterocycles. The van der Waals surface area contributed by atoms with E-state index in [2.05, 4.69) is 20.9 Å². The second kappa shape index (κ2) is 8.76. The minimum Gasteiger partial charge on any atom is -0.486 e. The van der Waals surface area contributed by atoms with Crippen molar-refractivity contribution in [3.05, 3.63) is 100 Å². The molecule has 0 unspecified atom stereocenters. The summed E-state index contributed by atoms with van der Waals surface area (Å²) in [5.74, 6) is 0.522. The zero-order valence-corrected chi connectivity index (χ0v) is 21.6.